The molecule has 0 fully saturated rings. The minimum atomic E-state index is -0.809. The van der Waals surface area contributed by atoms with E-state index in [1.807, 2.05) is 0 Å². The highest BCUT2D eigenvalue weighted by Gasteiger charge is 2.19. The zero-order chi connectivity index (χ0) is 54.3. The average Bonchev–Trinajstić information content (AvgIpc) is 3.41. The van der Waals surface area contributed by atoms with Gasteiger partial charge in [0.25, 0.3) is 0 Å². The van der Waals surface area contributed by atoms with Crippen LogP contribution in [-0.2, 0) is 28.6 Å². The molecule has 0 aromatic carbocycles. The van der Waals surface area contributed by atoms with Crippen LogP contribution in [0.1, 0.15) is 316 Å². The maximum Gasteiger partial charge on any atom is 0.306 e. The van der Waals surface area contributed by atoms with Crippen LogP contribution < -0.4 is 0 Å². The lowest BCUT2D eigenvalue weighted by molar-refractivity contribution is -0.167. The predicted octanol–water partition coefficient (Wildman–Crippen LogP) is 21.9. The first-order valence-electron chi connectivity index (χ1n) is 32.1. The van der Waals surface area contributed by atoms with Crippen LogP contribution in [0.25, 0.3) is 0 Å². The molecule has 0 saturated carbocycles. The van der Waals surface area contributed by atoms with E-state index in [0.29, 0.717) is 19.3 Å². The van der Waals surface area contributed by atoms with Crippen LogP contribution in [0.3, 0.4) is 0 Å². The number of hydrogen-bond donors (Lipinski definition) is 0. The minimum Gasteiger partial charge on any atom is -0.462 e. The summed E-state index contributed by atoms with van der Waals surface area (Å²) in [6.07, 6.45) is 83.3. The van der Waals surface area contributed by atoms with Crippen molar-refractivity contribution in [2.24, 2.45) is 0 Å². The van der Waals surface area contributed by atoms with Gasteiger partial charge in [-0.3, -0.25) is 14.4 Å². The van der Waals surface area contributed by atoms with Gasteiger partial charge in [0.1, 0.15) is 13.2 Å². The fourth-order valence-electron chi connectivity index (χ4n) is 9.04. The number of carbonyl (C=O) groups is 3. The predicted molar refractivity (Wildman–Crippen MR) is 325 cm³/mol. The number of carbonyl (C=O) groups excluding carboxylic acids is 3. The van der Waals surface area contributed by atoms with E-state index in [2.05, 4.69) is 106 Å². The summed E-state index contributed by atoms with van der Waals surface area (Å²) in [4.78, 5) is 38.2. The van der Waals surface area contributed by atoms with E-state index in [1.54, 1.807) is 0 Å². The third-order valence-electron chi connectivity index (χ3n) is 13.9. The normalized spacial score (nSPS) is 12.6. The van der Waals surface area contributed by atoms with Crippen molar-refractivity contribution < 1.29 is 28.6 Å². The molecule has 0 rings (SSSR count). The van der Waals surface area contributed by atoms with Gasteiger partial charge in [0.05, 0.1) is 0 Å². The fraction of sp³-hybridized carbons (Fsp3) is 0.754. The monoisotopic (exact) mass is 1040 g/mol. The summed E-state index contributed by atoms with van der Waals surface area (Å²) >= 11 is 0. The largest absolute Gasteiger partial charge is 0.462 e. The van der Waals surface area contributed by atoms with Crippen LogP contribution in [0.5, 0.6) is 0 Å². The molecule has 1 atom stereocenters. The Balaban J connectivity index is 4.22. The average molecular weight is 1050 g/mol. The summed E-state index contributed by atoms with van der Waals surface area (Å²) in [5.41, 5.74) is 0. The summed E-state index contributed by atoms with van der Waals surface area (Å²) in [6, 6.07) is 0. The first-order chi connectivity index (χ1) is 37.0. The van der Waals surface area contributed by atoms with Crippen LogP contribution in [-0.4, -0.2) is 37.2 Å². The number of allylic oxidation sites excluding steroid dienone is 14. The summed E-state index contributed by atoms with van der Waals surface area (Å²) in [5.74, 6) is -0.960. The lowest BCUT2D eigenvalue weighted by Crippen LogP contribution is -2.30. The molecule has 0 aromatic heterocycles. The van der Waals surface area contributed by atoms with Gasteiger partial charge >= 0.3 is 17.9 Å². The molecule has 0 heterocycles. The minimum absolute atomic E-state index is 0.0999. The third kappa shape index (κ3) is 61.3. The van der Waals surface area contributed by atoms with Crippen molar-refractivity contribution in [3.8, 4) is 0 Å². The lowest BCUT2D eigenvalue weighted by atomic mass is 10.0. The van der Waals surface area contributed by atoms with Crippen molar-refractivity contribution in [2.45, 2.75) is 322 Å². The standard InChI is InChI=1S/C69H120O6/c1-4-7-10-13-16-19-22-24-26-28-29-30-31-32-33-34-35-36-37-38-39-41-42-44-47-50-53-56-59-62-68(71)74-65-66(64-73-67(70)61-58-55-52-49-46-21-18-15-12-9-6-3)75-69(72)63-60-57-54-51-48-45-43-40-27-25-23-20-17-14-11-8-5-2/h8,11,15,17-18,20,25,27-29,43,45,51,54,66H,4-7,9-10,12-14,16,19,21-24,26,30-42,44,46-50,52-53,55-65H2,1-3H3/b11-8-,18-15-,20-17-,27-25-,29-28-,45-43-,54-51-. The van der Waals surface area contributed by atoms with E-state index >= 15 is 0 Å². The van der Waals surface area contributed by atoms with Crippen molar-refractivity contribution in [2.75, 3.05) is 13.2 Å². The molecule has 6 heteroatoms. The van der Waals surface area contributed by atoms with E-state index in [4.69, 9.17) is 14.2 Å². The van der Waals surface area contributed by atoms with Gasteiger partial charge in [-0.15, -0.1) is 0 Å². The summed E-state index contributed by atoms with van der Waals surface area (Å²) in [5, 5.41) is 0. The molecule has 0 aromatic rings. The molecule has 75 heavy (non-hydrogen) atoms. The summed E-state index contributed by atoms with van der Waals surface area (Å²) in [6.45, 7) is 6.46. The molecule has 0 saturated heterocycles. The van der Waals surface area contributed by atoms with Gasteiger partial charge < -0.3 is 14.2 Å². The number of hydrogen-bond acceptors (Lipinski definition) is 6. The van der Waals surface area contributed by atoms with Gasteiger partial charge in [-0.25, -0.2) is 0 Å². The molecule has 0 aliphatic carbocycles. The SMILES string of the molecule is CC/C=C\C/C=C\C/C=C\C/C=C\C/C=C\CCCC(=O)OC(COC(=O)CCCCCCC/C=C\CCCC)COC(=O)CCCCCCCCCCCCCCCCCCC/C=C\CCCCCCCCCC. The lowest BCUT2D eigenvalue weighted by Gasteiger charge is -2.18. The van der Waals surface area contributed by atoms with Crippen LogP contribution in [0.2, 0.25) is 0 Å². The quantitative estimate of drug-likeness (QED) is 0.0261. The Morgan fingerprint density at radius 3 is 0.907 bits per heavy atom. The molecule has 0 N–H and O–H groups in total. The van der Waals surface area contributed by atoms with Gasteiger partial charge in [0.15, 0.2) is 6.10 Å². The van der Waals surface area contributed by atoms with Gasteiger partial charge in [-0.2, -0.15) is 0 Å². The zero-order valence-corrected chi connectivity index (χ0v) is 49.6. The molecule has 0 aliphatic rings. The second kappa shape index (κ2) is 63.1. The van der Waals surface area contributed by atoms with Crippen LogP contribution in [0, 0.1) is 0 Å². The van der Waals surface area contributed by atoms with Crippen molar-refractivity contribution >= 4 is 17.9 Å². The highest BCUT2D eigenvalue weighted by molar-refractivity contribution is 5.71. The van der Waals surface area contributed by atoms with Gasteiger partial charge in [-0.1, -0.05) is 279 Å². The van der Waals surface area contributed by atoms with E-state index in [0.717, 1.165) is 89.9 Å². The van der Waals surface area contributed by atoms with Gasteiger partial charge in [0.2, 0.25) is 0 Å². The highest BCUT2D eigenvalue weighted by atomic mass is 16.6. The fourth-order valence-corrected chi connectivity index (χ4v) is 9.04. The molecule has 0 spiro atoms. The summed E-state index contributed by atoms with van der Waals surface area (Å²) < 4.78 is 16.8. The Morgan fingerprint density at radius 2 is 0.547 bits per heavy atom. The smallest absolute Gasteiger partial charge is 0.306 e. The molecule has 0 aliphatic heterocycles. The molecule has 0 bridgehead atoms. The van der Waals surface area contributed by atoms with E-state index in [1.165, 1.54) is 180 Å². The second-order valence-corrected chi connectivity index (χ2v) is 21.3. The van der Waals surface area contributed by atoms with Gasteiger partial charge in [0, 0.05) is 19.3 Å². The Kier molecular flexibility index (Phi) is 60.3. The molecule has 0 radical (unpaired) electrons. The Hall–Kier alpha value is -3.41. The Morgan fingerprint density at radius 1 is 0.280 bits per heavy atom. The number of rotatable bonds is 58. The zero-order valence-electron chi connectivity index (χ0n) is 49.6. The second-order valence-electron chi connectivity index (χ2n) is 21.3. The van der Waals surface area contributed by atoms with Crippen molar-refractivity contribution in [1.82, 2.24) is 0 Å². The van der Waals surface area contributed by atoms with Crippen molar-refractivity contribution in [1.29, 1.82) is 0 Å². The van der Waals surface area contributed by atoms with Crippen molar-refractivity contribution in [3.05, 3.63) is 85.1 Å². The Labute approximate surface area is 465 Å². The highest BCUT2D eigenvalue weighted by Crippen LogP contribution is 2.17. The van der Waals surface area contributed by atoms with Crippen LogP contribution in [0.15, 0.2) is 85.1 Å². The number of ether oxygens (including phenoxy) is 3. The number of esters is 3. The van der Waals surface area contributed by atoms with E-state index in [-0.39, 0.29) is 37.5 Å². The molecular formula is C69H120O6. The van der Waals surface area contributed by atoms with Crippen LogP contribution in [0.4, 0.5) is 0 Å². The third-order valence-corrected chi connectivity index (χ3v) is 13.9. The van der Waals surface area contributed by atoms with E-state index in [9.17, 15) is 14.4 Å². The maximum absolute atomic E-state index is 12.8. The van der Waals surface area contributed by atoms with Crippen molar-refractivity contribution in [3.63, 3.8) is 0 Å². The molecule has 432 valence electrons. The number of unbranched alkanes of at least 4 members (excludes halogenated alkanes) is 33. The summed E-state index contributed by atoms with van der Waals surface area (Å²) in [7, 11) is 0. The Bertz CT molecular complexity index is 1430. The maximum atomic E-state index is 12.8. The molecule has 0 amide bonds. The van der Waals surface area contributed by atoms with E-state index < -0.39 is 6.10 Å². The first kappa shape index (κ1) is 71.6. The topological polar surface area (TPSA) is 78.9 Å². The molecule has 6 nitrogen and oxygen atoms in total. The van der Waals surface area contributed by atoms with Crippen LogP contribution >= 0.6 is 0 Å². The van der Waals surface area contributed by atoms with Gasteiger partial charge in [-0.05, 0) is 103 Å². The molecule has 1 unspecified atom stereocenters. The molecular weight excluding hydrogens is 925 g/mol. The first-order valence-corrected chi connectivity index (χ1v) is 32.1.